The third kappa shape index (κ3) is 3.02. The van der Waals surface area contributed by atoms with E-state index in [9.17, 15) is 10.1 Å². The molecule has 0 amide bonds. The van der Waals surface area contributed by atoms with E-state index in [2.05, 4.69) is 25.9 Å². The number of hydrogen-bond donors (Lipinski definition) is 1. The van der Waals surface area contributed by atoms with Crippen LogP contribution >= 0.6 is 15.9 Å². The van der Waals surface area contributed by atoms with Crippen LogP contribution in [0.1, 0.15) is 11.3 Å². The highest BCUT2D eigenvalue weighted by Crippen LogP contribution is 2.29. The van der Waals surface area contributed by atoms with Crippen molar-refractivity contribution in [1.29, 1.82) is 0 Å². The second-order valence-corrected chi connectivity index (χ2v) is 4.81. The maximum atomic E-state index is 11.0. The van der Waals surface area contributed by atoms with Crippen LogP contribution in [0, 0.1) is 17.0 Å². The van der Waals surface area contributed by atoms with Crippen LogP contribution in [0.15, 0.2) is 28.7 Å². The number of nitrogen functional groups attached to an aromatic ring is 1. The van der Waals surface area contributed by atoms with Gasteiger partial charge in [0.2, 0.25) is 5.95 Å². The molecule has 0 aliphatic carbocycles. The molecule has 20 heavy (non-hydrogen) atoms. The first kappa shape index (κ1) is 14.2. The summed E-state index contributed by atoms with van der Waals surface area (Å²) in [5.41, 5.74) is 6.24. The van der Waals surface area contributed by atoms with Gasteiger partial charge in [-0.25, -0.2) is 4.98 Å². The minimum atomic E-state index is -0.579. The Morgan fingerprint density at radius 2 is 2.10 bits per heavy atom. The highest BCUT2D eigenvalue weighted by Gasteiger charge is 2.23. The van der Waals surface area contributed by atoms with Crippen molar-refractivity contribution in [2.24, 2.45) is 0 Å². The first-order valence-electron chi connectivity index (χ1n) is 5.63. The molecule has 0 aliphatic heterocycles. The van der Waals surface area contributed by atoms with Gasteiger partial charge in [0.1, 0.15) is 12.3 Å². The molecule has 0 aliphatic rings. The fourth-order valence-corrected chi connectivity index (χ4v) is 2.03. The molecule has 0 spiro atoms. The average molecular weight is 339 g/mol. The Morgan fingerprint density at radius 3 is 2.75 bits per heavy atom. The fourth-order valence-electron chi connectivity index (χ4n) is 1.63. The van der Waals surface area contributed by atoms with E-state index in [-0.39, 0.29) is 29.8 Å². The number of hydrogen-bond acceptors (Lipinski definition) is 6. The predicted molar refractivity (Wildman–Crippen MR) is 76.3 cm³/mol. The Labute approximate surface area is 123 Å². The van der Waals surface area contributed by atoms with Crippen LogP contribution in [-0.2, 0) is 6.61 Å². The van der Waals surface area contributed by atoms with Crippen LogP contribution in [0.2, 0.25) is 0 Å². The Balaban J connectivity index is 2.30. The molecule has 1 heterocycles. The molecule has 2 rings (SSSR count). The van der Waals surface area contributed by atoms with Crippen LogP contribution < -0.4 is 10.5 Å². The molecule has 0 atom stereocenters. The van der Waals surface area contributed by atoms with E-state index in [1.807, 2.05) is 24.3 Å². The van der Waals surface area contributed by atoms with E-state index >= 15 is 0 Å². The molecule has 104 valence electrons. The van der Waals surface area contributed by atoms with E-state index in [4.69, 9.17) is 10.5 Å². The van der Waals surface area contributed by atoms with Crippen molar-refractivity contribution in [2.45, 2.75) is 13.5 Å². The number of anilines is 1. The van der Waals surface area contributed by atoms with Gasteiger partial charge >= 0.3 is 5.69 Å². The molecule has 1 aromatic heterocycles. The number of nitrogens with zero attached hydrogens (tertiary/aromatic N) is 3. The van der Waals surface area contributed by atoms with Gasteiger partial charge in [0.25, 0.3) is 5.88 Å². The van der Waals surface area contributed by atoms with Crippen molar-refractivity contribution < 1.29 is 9.66 Å². The third-order valence-corrected chi connectivity index (χ3v) is 3.32. The van der Waals surface area contributed by atoms with Gasteiger partial charge in [0, 0.05) is 10.0 Å². The summed E-state index contributed by atoms with van der Waals surface area (Å²) >= 11 is 3.37. The largest absolute Gasteiger partial charge is 0.468 e. The van der Waals surface area contributed by atoms with E-state index in [1.165, 1.54) is 6.92 Å². The predicted octanol–water partition coefficient (Wildman–Crippen LogP) is 2.62. The summed E-state index contributed by atoms with van der Waals surface area (Å²) in [7, 11) is 0. The Bertz CT molecular complexity index is 663. The molecule has 0 saturated carbocycles. The van der Waals surface area contributed by atoms with Gasteiger partial charge in [-0.1, -0.05) is 34.1 Å². The first-order valence-corrected chi connectivity index (χ1v) is 6.43. The van der Waals surface area contributed by atoms with Crippen molar-refractivity contribution >= 4 is 27.6 Å². The van der Waals surface area contributed by atoms with Gasteiger partial charge < -0.3 is 10.5 Å². The molecule has 2 aromatic rings. The van der Waals surface area contributed by atoms with Crippen molar-refractivity contribution in [1.82, 2.24) is 9.97 Å². The summed E-state index contributed by atoms with van der Waals surface area (Å²) in [5.74, 6) is -0.189. The normalized spacial score (nSPS) is 10.3. The minimum absolute atomic E-state index is 0.0600. The van der Waals surface area contributed by atoms with Crippen molar-refractivity contribution in [2.75, 3.05) is 5.73 Å². The zero-order valence-corrected chi connectivity index (χ0v) is 12.1. The van der Waals surface area contributed by atoms with Gasteiger partial charge in [-0.2, -0.15) is 4.98 Å². The lowest BCUT2D eigenvalue weighted by molar-refractivity contribution is -0.387. The lowest BCUT2D eigenvalue weighted by atomic mass is 10.2. The number of halogens is 1. The van der Waals surface area contributed by atoms with Crippen LogP contribution in [0.25, 0.3) is 0 Å². The molecule has 2 N–H and O–H groups in total. The first-order chi connectivity index (χ1) is 9.49. The molecular formula is C12H11BrN4O3. The molecule has 0 bridgehead atoms. The smallest absolute Gasteiger partial charge is 0.352 e. The van der Waals surface area contributed by atoms with Crippen LogP contribution in [-0.4, -0.2) is 14.9 Å². The topological polar surface area (TPSA) is 104 Å². The van der Waals surface area contributed by atoms with Gasteiger partial charge in [-0.3, -0.25) is 10.1 Å². The summed E-state index contributed by atoms with van der Waals surface area (Å²) in [6.07, 6.45) is 0. The van der Waals surface area contributed by atoms with E-state index in [0.717, 1.165) is 10.0 Å². The molecule has 1 aromatic carbocycles. The zero-order valence-electron chi connectivity index (χ0n) is 10.5. The lowest BCUT2D eigenvalue weighted by Crippen LogP contribution is -2.07. The number of nitro groups is 1. The summed E-state index contributed by atoms with van der Waals surface area (Å²) in [5, 5.41) is 11.0. The maximum absolute atomic E-state index is 11.0. The summed E-state index contributed by atoms with van der Waals surface area (Å²) in [6.45, 7) is 1.62. The second kappa shape index (κ2) is 5.83. The highest BCUT2D eigenvalue weighted by molar-refractivity contribution is 9.10. The van der Waals surface area contributed by atoms with Crippen LogP contribution in [0.3, 0.4) is 0 Å². The molecule has 0 radical (unpaired) electrons. The second-order valence-electron chi connectivity index (χ2n) is 3.96. The van der Waals surface area contributed by atoms with Crippen LogP contribution in [0.5, 0.6) is 5.88 Å². The number of ether oxygens (including phenoxy) is 1. The number of nitrogens with two attached hydrogens (primary N) is 1. The quantitative estimate of drug-likeness (QED) is 0.678. The number of aryl methyl sites for hydroxylation is 1. The van der Waals surface area contributed by atoms with Crippen molar-refractivity contribution in [3.8, 4) is 5.88 Å². The minimum Gasteiger partial charge on any atom is -0.468 e. The molecular weight excluding hydrogens is 328 g/mol. The van der Waals surface area contributed by atoms with Crippen molar-refractivity contribution in [3.05, 3.63) is 50.1 Å². The van der Waals surface area contributed by atoms with Gasteiger partial charge in [-0.15, -0.1) is 0 Å². The van der Waals surface area contributed by atoms with E-state index in [0.29, 0.717) is 0 Å². The monoisotopic (exact) mass is 338 g/mol. The lowest BCUT2D eigenvalue weighted by Gasteiger charge is -2.08. The molecule has 7 nitrogen and oxygen atoms in total. The summed E-state index contributed by atoms with van der Waals surface area (Å²) < 4.78 is 6.27. The Kier molecular flexibility index (Phi) is 4.14. The highest BCUT2D eigenvalue weighted by atomic mass is 79.9. The molecule has 0 fully saturated rings. The third-order valence-electron chi connectivity index (χ3n) is 2.55. The zero-order chi connectivity index (χ0) is 14.7. The number of benzene rings is 1. The Morgan fingerprint density at radius 1 is 1.40 bits per heavy atom. The SMILES string of the molecule is Cc1nc(N)nc(OCc2ccccc2Br)c1[N+](=O)[O-]. The molecule has 0 saturated heterocycles. The average Bonchev–Trinajstić information content (AvgIpc) is 2.36. The summed E-state index contributed by atoms with van der Waals surface area (Å²) in [6, 6.07) is 7.40. The van der Waals surface area contributed by atoms with Crippen LogP contribution in [0.4, 0.5) is 11.6 Å². The van der Waals surface area contributed by atoms with E-state index < -0.39 is 4.92 Å². The fraction of sp³-hybridized carbons (Fsp3) is 0.167. The number of rotatable bonds is 4. The standard InChI is InChI=1S/C12H11BrN4O3/c1-7-10(17(18)19)11(16-12(14)15-7)20-6-8-4-2-3-5-9(8)13/h2-5H,6H2,1H3,(H2,14,15,16). The van der Waals surface area contributed by atoms with Gasteiger partial charge in [0.15, 0.2) is 0 Å². The number of aromatic nitrogens is 2. The molecule has 0 unspecified atom stereocenters. The van der Waals surface area contributed by atoms with E-state index in [1.54, 1.807) is 0 Å². The van der Waals surface area contributed by atoms with Gasteiger partial charge in [-0.05, 0) is 13.0 Å². The summed E-state index contributed by atoms with van der Waals surface area (Å²) in [4.78, 5) is 18.0. The van der Waals surface area contributed by atoms with Crippen molar-refractivity contribution in [3.63, 3.8) is 0 Å². The molecule has 8 heteroatoms. The Hall–Kier alpha value is -2.22. The maximum Gasteiger partial charge on any atom is 0.352 e. The van der Waals surface area contributed by atoms with Gasteiger partial charge in [0.05, 0.1) is 4.92 Å².